The van der Waals surface area contributed by atoms with Crippen molar-refractivity contribution >= 4 is 48.1 Å². The number of aryl methyl sites for hydroxylation is 2. The zero-order chi connectivity index (χ0) is 37.3. The maximum Gasteiger partial charge on any atom is 0.476 e. The van der Waals surface area contributed by atoms with Crippen LogP contribution in [0.4, 0.5) is 5.69 Å². The molecule has 0 saturated heterocycles. The van der Waals surface area contributed by atoms with E-state index >= 15 is 0 Å². The number of hydrogen-bond donors (Lipinski definition) is 2. The van der Waals surface area contributed by atoms with Crippen molar-refractivity contribution in [3.8, 4) is 16.8 Å². The van der Waals surface area contributed by atoms with E-state index in [0.29, 0.717) is 33.5 Å². The summed E-state index contributed by atoms with van der Waals surface area (Å²) in [5.41, 5.74) is 9.52. The molecule has 0 radical (unpaired) electrons. The molecule has 2 aromatic carbocycles. The van der Waals surface area contributed by atoms with Crippen LogP contribution in [0.3, 0.4) is 0 Å². The Kier molecular flexibility index (Phi) is 11.4. The predicted molar refractivity (Wildman–Crippen MR) is 203 cm³/mol. The zero-order valence-electron chi connectivity index (χ0n) is 30.4. The smallest absolute Gasteiger partial charge is 0.326 e. The first kappa shape index (κ1) is 38.6. The third-order valence-corrected chi connectivity index (χ3v) is 11.0. The van der Waals surface area contributed by atoms with Gasteiger partial charge in [-0.25, -0.2) is 4.57 Å². The standard InChI is InChI=1S/C37H44ClN6O5PS/c1-22-23(2)51-35-32(22)33(25-12-15-28(38)16-13-25)41-30(34-43-42-24(3)44(34)35)20-31(45)40-29-17-14-27(26(19-29)11-10-18-39)21-47-50(46,48-36(4,5)6)49-37(7,8)9/h12-17,19,30H,18,20-21,39H2,1-9H3,(H,40,45)/t30-/m0/s1. The van der Waals surface area contributed by atoms with Crippen LogP contribution < -0.4 is 11.1 Å². The minimum atomic E-state index is -3.98. The Bertz CT molecular complexity index is 2060. The summed E-state index contributed by atoms with van der Waals surface area (Å²) < 4.78 is 33.0. The number of nitrogens with two attached hydrogens (primary N) is 1. The van der Waals surface area contributed by atoms with Crippen LogP contribution in [0.15, 0.2) is 47.5 Å². The Morgan fingerprint density at radius 1 is 1.04 bits per heavy atom. The van der Waals surface area contributed by atoms with Gasteiger partial charge in [0.15, 0.2) is 5.82 Å². The van der Waals surface area contributed by atoms with Gasteiger partial charge in [-0.15, -0.1) is 21.5 Å². The van der Waals surface area contributed by atoms with Crippen molar-refractivity contribution in [1.82, 2.24) is 14.8 Å². The minimum Gasteiger partial charge on any atom is -0.326 e. The lowest BCUT2D eigenvalue weighted by Crippen LogP contribution is -2.24. The van der Waals surface area contributed by atoms with Crippen molar-refractivity contribution in [3.05, 3.63) is 91.8 Å². The van der Waals surface area contributed by atoms with Crippen LogP contribution in [0.1, 0.15) is 98.3 Å². The summed E-state index contributed by atoms with van der Waals surface area (Å²) in [4.78, 5) is 20.1. The Labute approximate surface area is 308 Å². The Hall–Kier alpha value is -3.66. The second-order valence-corrected chi connectivity index (χ2v) is 17.3. The van der Waals surface area contributed by atoms with Gasteiger partial charge in [-0.2, -0.15) is 0 Å². The average Bonchev–Trinajstić information content (AvgIpc) is 3.49. The van der Waals surface area contributed by atoms with Gasteiger partial charge < -0.3 is 11.1 Å². The summed E-state index contributed by atoms with van der Waals surface area (Å²) in [5, 5.41) is 13.5. The lowest BCUT2D eigenvalue weighted by Gasteiger charge is -2.31. The fourth-order valence-corrected chi connectivity index (χ4v) is 8.58. The molecule has 0 bridgehead atoms. The van der Waals surface area contributed by atoms with E-state index in [1.165, 1.54) is 0 Å². The molecule has 0 unspecified atom stereocenters. The first-order valence-corrected chi connectivity index (χ1v) is 19.2. The molecule has 0 fully saturated rings. The molecule has 11 nitrogen and oxygen atoms in total. The van der Waals surface area contributed by atoms with Crippen molar-refractivity contribution in [1.29, 1.82) is 0 Å². The van der Waals surface area contributed by atoms with Crippen LogP contribution in [0.2, 0.25) is 5.02 Å². The van der Waals surface area contributed by atoms with Gasteiger partial charge in [0.1, 0.15) is 16.9 Å². The number of aliphatic imine (C=N–C) groups is 1. The number of amides is 1. The Morgan fingerprint density at radius 3 is 2.33 bits per heavy atom. The number of halogens is 1. The number of nitrogens with zero attached hydrogens (tertiary/aromatic N) is 4. The van der Waals surface area contributed by atoms with E-state index < -0.39 is 25.1 Å². The maximum absolute atomic E-state index is 13.8. The van der Waals surface area contributed by atoms with Crippen LogP contribution in [0.25, 0.3) is 5.00 Å². The number of rotatable bonds is 9. The summed E-state index contributed by atoms with van der Waals surface area (Å²) in [6, 6.07) is 12.1. The van der Waals surface area contributed by atoms with Crippen LogP contribution in [0.5, 0.6) is 0 Å². The molecule has 51 heavy (non-hydrogen) atoms. The van der Waals surface area contributed by atoms with E-state index in [4.69, 9.17) is 35.9 Å². The SMILES string of the molecule is Cc1sc2c(c1C)C(c1ccc(Cl)cc1)=N[C@@H](CC(=O)Nc1ccc(COP(=O)(OC(C)(C)C)OC(C)(C)C)c(C#CCN)c1)c1nnc(C)n1-2. The van der Waals surface area contributed by atoms with E-state index in [9.17, 15) is 9.36 Å². The molecule has 270 valence electrons. The molecule has 1 aliphatic rings. The molecule has 2 aromatic heterocycles. The number of fused-ring (bicyclic) bond motifs is 3. The number of nitrogens with one attached hydrogen (secondary N) is 1. The van der Waals surface area contributed by atoms with Crippen molar-refractivity contribution < 1.29 is 22.9 Å². The number of carbonyl (C=O) groups excluding carboxylic acids is 1. The van der Waals surface area contributed by atoms with Gasteiger partial charge in [0.2, 0.25) is 5.91 Å². The minimum absolute atomic E-state index is 0.00562. The number of benzene rings is 2. The quantitative estimate of drug-likeness (QED) is 0.128. The van der Waals surface area contributed by atoms with E-state index in [1.54, 1.807) is 71.1 Å². The molecule has 3 heterocycles. The van der Waals surface area contributed by atoms with E-state index in [1.807, 2.05) is 35.8 Å². The Morgan fingerprint density at radius 2 is 1.71 bits per heavy atom. The van der Waals surface area contributed by atoms with Crippen molar-refractivity contribution in [3.63, 3.8) is 0 Å². The highest BCUT2D eigenvalue weighted by molar-refractivity contribution is 7.48. The van der Waals surface area contributed by atoms with Gasteiger partial charge in [0.05, 0.1) is 36.5 Å². The van der Waals surface area contributed by atoms with Crippen molar-refractivity contribution in [2.75, 3.05) is 11.9 Å². The molecule has 0 spiro atoms. The lowest BCUT2D eigenvalue weighted by atomic mass is 9.99. The summed E-state index contributed by atoms with van der Waals surface area (Å²) >= 11 is 7.89. The number of phosphoric ester groups is 1. The maximum atomic E-state index is 13.8. The van der Waals surface area contributed by atoms with Crippen LogP contribution >= 0.6 is 30.8 Å². The number of carbonyl (C=O) groups is 1. The third kappa shape index (κ3) is 9.42. The third-order valence-electron chi connectivity index (χ3n) is 7.60. The molecule has 3 N–H and O–H groups in total. The van der Waals surface area contributed by atoms with Crippen molar-refractivity contribution in [2.24, 2.45) is 10.7 Å². The molecule has 0 aliphatic carbocycles. The predicted octanol–water partition coefficient (Wildman–Crippen LogP) is 8.39. The molecule has 1 atom stereocenters. The fourth-order valence-electron chi connectivity index (χ4n) is 5.45. The van der Waals surface area contributed by atoms with Gasteiger partial charge in [-0.05, 0) is 97.7 Å². The number of thiophene rings is 1. The molecular weight excluding hydrogens is 707 g/mol. The molecule has 0 saturated carbocycles. The molecule has 4 aromatic rings. The molecule has 5 rings (SSSR count). The molecule has 1 amide bonds. The van der Waals surface area contributed by atoms with Gasteiger partial charge >= 0.3 is 7.82 Å². The Balaban J connectivity index is 1.44. The summed E-state index contributed by atoms with van der Waals surface area (Å²) in [7, 11) is -3.98. The second kappa shape index (κ2) is 15.1. The topological polar surface area (TPSA) is 143 Å². The number of hydrogen-bond acceptors (Lipinski definition) is 10. The van der Waals surface area contributed by atoms with E-state index in [-0.39, 0.29) is 25.5 Å². The normalized spacial score (nSPS) is 14.6. The average molecular weight is 751 g/mol. The summed E-state index contributed by atoms with van der Waals surface area (Å²) in [6.45, 7) is 16.7. The first-order valence-electron chi connectivity index (χ1n) is 16.5. The summed E-state index contributed by atoms with van der Waals surface area (Å²) in [5.74, 6) is 6.90. The van der Waals surface area contributed by atoms with Gasteiger partial charge in [0, 0.05) is 32.3 Å². The monoisotopic (exact) mass is 750 g/mol. The van der Waals surface area contributed by atoms with E-state index in [0.717, 1.165) is 32.3 Å². The van der Waals surface area contributed by atoms with Crippen molar-refractivity contribution in [2.45, 2.75) is 92.6 Å². The lowest BCUT2D eigenvalue weighted by molar-refractivity contribution is -0.116. The number of aromatic nitrogens is 3. The highest BCUT2D eigenvalue weighted by Gasteiger charge is 2.37. The highest BCUT2D eigenvalue weighted by atomic mass is 35.5. The summed E-state index contributed by atoms with van der Waals surface area (Å²) in [6.07, 6.45) is -0.00562. The number of phosphoric acid groups is 1. The van der Waals surface area contributed by atoms with Gasteiger partial charge in [-0.3, -0.25) is 27.9 Å². The first-order chi connectivity index (χ1) is 23.9. The second-order valence-electron chi connectivity index (χ2n) is 14.2. The molecule has 1 aliphatic heterocycles. The van der Waals surface area contributed by atoms with E-state index in [2.05, 4.69) is 41.2 Å². The van der Waals surface area contributed by atoms with Gasteiger partial charge in [0.25, 0.3) is 0 Å². The molecule has 14 heteroatoms. The van der Waals surface area contributed by atoms with Gasteiger partial charge in [-0.1, -0.05) is 41.6 Å². The zero-order valence-corrected chi connectivity index (χ0v) is 32.8. The van der Waals surface area contributed by atoms with Crippen LogP contribution in [0, 0.1) is 32.6 Å². The fraction of sp³-hybridized carbons (Fsp3) is 0.405. The largest absolute Gasteiger partial charge is 0.476 e. The highest BCUT2D eigenvalue weighted by Crippen LogP contribution is 2.56. The number of anilines is 1. The van der Waals surface area contributed by atoms with Crippen LogP contribution in [-0.2, 0) is 29.5 Å². The van der Waals surface area contributed by atoms with Crippen LogP contribution in [-0.4, -0.2) is 44.1 Å². The molecular formula is C37H44ClN6O5PS.